The number of hydrogen-bond acceptors (Lipinski definition) is 4. The summed E-state index contributed by atoms with van der Waals surface area (Å²) in [6.45, 7) is 14.5. The molecule has 0 radical (unpaired) electrons. The van der Waals surface area contributed by atoms with E-state index in [1.165, 1.54) is 11.3 Å². The lowest BCUT2D eigenvalue weighted by atomic mass is 9.94. The first-order valence-electron chi connectivity index (χ1n) is 9.18. The fourth-order valence-electron chi connectivity index (χ4n) is 2.70. The van der Waals surface area contributed by atoms with Crippen molar-refractivity contribution in [2.45, 2.75) is 59.9 Å². The van der Waals surface area contributed by atoms with Crippen molar-refractivity contribution in [1.29, 1.82) is 0 Å². The van der Waals surface area contributed by atoms with Gasteiger partial charge in [0.15, 0.2) is 5.96 Å². The zero-order chi connectivity index (χ0) is 19.3. The summed E-state index contributed by atoms with van der Waals surface area (Å²) in [6, 6.07) is 0. The summed E-state index contributed by atoms with van der Waals surface area (Å²) >= 11 is 0. The van der Waals surface area contributed by atoms with Crippen LogP contribution in [0.3, 0.4) is 0 Å². The molecule has 0 saturated carbocycles. The van der Waals surface area contributed by atoms with Crippen molar-refractivity contribution in [3.05, 3.63) is 34.8 Å². The minimum absolute atomic E-state index is 0.0445. The summed E-state index contributed by atoms with van der Waals surface area (Å²) in [5, 5.41) is 11.1. The van der Waals surface area contributed by atoms with E-state index >= 15 is 0 Å². The summed E-state index contributed by atoms with van der Waals surface area (Å²) < 4.78 is 7.73. The molecule has 2 aromatic rings. The SMILES string of the molecule is CCNC(=NCc1ncc(C(C)(C)C)o1)NCCc1c(C)nn(C)c1C. The molecule has 0 amide bonds. The van der Waals surface area contributed by atoms with Gasteiger partial charge < -0.3 is 15.1 Å². The van der Waals surface area contributed by atoms with Gasteiger partial charge in [0.1, 0.15) is 12.3 Å². The highest BCUT2D eigenvalue weighted by Crippen LogP contribution is 2.22. The first-order chi connectivity index (χ1) is 12.2. The number of nitrogens with zero attached hydrogens (tertiary/aromatic N) is 4. The summed E-state index contributed by atoms with van der Waals surface area (Å²) in [5.74, 6) is 2.27. The topological polar surface area (TPSA) is 80.3 Å². The maximum Gasteiger partial charge on any atom is 0.216 e. The van der Waals surface area contributed by atoms with Gasteiger partial charge >= 0.3 is 0 Å². The van der Waals surface area contributed by atoms with Gasteiger partial charge in [0.05, 0.1) is 11.9 Å². The third-order valence-electron chi connectivity index (χ3n) is 4.34. The molecular weight excluding hydrogens is 328 g/mol. The monoisotopic (exact) mass is 360 g/mol. The van der Waals surface area contributed by atoms with E-state index in [2.05, 4.69) is 67.3 Å². The Hall–Kier alpha value is -2.31. The largest absolute Gasteiger partial charge is 0.443 e. The van der Waals surface area contributed by atoms with E-state index in [1.807, 2.05) is 11.7 Å². The van der Waals surface area contributed by atoms with Crippen molar-refractivity contribution in [1.82, 2.24) is 25.4 Å². The zero-order valence-electron chi connectivity index (χ0n) is 17.1. The molecule has 0 bridgehead atoms. The van der Waals surface area contributed by atoms with Crippen molar-refractivity contribution in [3.8, 4) is 0 Å². The van der Waals surface area contributed by atoms with Crippen molar-refractivity contribution < 1.29 is 4.42 Å². The van der Waals surface area contributed by atoms with Crippen LogP contribution in [0.2, 0.25) is 0 Å². The summed E-state index contributed by atoms with van der Waals surface area (Å²) in [7, 11) is 1.98. The Morgan fingerprint density at radius 1 is 1.27 bits per heavy atom. The first kappa shape index (κ1) is 20.0. The van der Waals surface area contributed by atoms with Gasteiger partial charge in [-0.15, -0.1) is 0 Å². The maximum atomic E-state index is 5.80. The highest BCUT2D eigenvalue weighted by molar-refractivity contribution is 5.79. The molecule has 144 valence electrons. The minimum Gasteiger partial charge on any atom is -0.443 e. The van der Waals surface area contributed by atoms with Crippen LogP contribution in [0.25, 0.3) is 0 Å². The second kappa shape index (κ2) is 8.38. The number of aryl methyl sites for hydroxylation is 2. The normalized spacial score (nSPS) is 12.5. The van der Waals surface area contributed by atoms with Gasteiger partial charge in [0.2, 0.25) is 5.89 Å². The maximum absolute atomic E-state index is 5.80. The van der Waals surface area contributed by atoms with Crippen LogP contribution in [0, 0.1) is 13.8 Å². The number of nitrogens with one attached hydrogen (secondary N) is 2. The van der Waals surface area contributed by atoms with E-state index in [0.717, 1.165) is 36.9 Å². The zero-order valence-corrected chi connectivity index (χ0v) is 17.1. The fraction of sp³-hybridized carbons (Fsp3) is 0.632. The molecule has 0 saturated heterocycles. The molecule has 0 atom stereocenters. The Bertz CT molecular complexity index is 751. The van der Waals surface area contributed by atoms with E-state index in [1.54, 1.807) is 6.20 Å². The summed E-state index contributed by atoms with van der Waals surface area (Å²) in [5.41, 5.74) is 3.54. The number of guanidine groups is 1. The van der Waals surface area contributed by atoms with Crippen LogP contribution in [0.5, 0.6) is 0 Å². The molecule has 2 heterocycles. The van der Waals surface area contributed by atoms with Crippen LogP contribution < -0.4 is 10.6 Å². The number of hydrogen-bond donors (Lipinski definition) is 2. The van der Waals surface area contributed by atoms with E-state index in [0.29, 0.717) is 12.4 Å². The van der Waals surface area contributed by atoms with E-state index in [4.69, 9.17) is 4.42 Å². The van der Waals surface area contributed by atoms with Crippen molar-refractivity contribution in [3.63, 3.8) is 0 Å². The molecule has 0 spiro atoms. The highest BCUT2D eigenvalue weighted by atomic mass is 16.4. The van der Waals surface area contributed by atoms with Crippen molar-refractivity contribution >= 4 is 5.96 Å². The Kier molecular flexibility index (Phi) is 6.45. The van der Waals surface area contributed by atoms with Crippen LogP contribution in [-0.4, -0.2) is 33.8 Å². The van der Waals surface area contributed by atoms with Gasteiger partial charge in [0.25, 0.3) is 0 Å². The van der Waals surface area contributed by atoms with Gasteiger partial charge in [-0.3, -0.25) is 4.68 Å². The Morgan fingerprint density at radius 2 is 2.00 bits per heavy atom. The molecule has 0 aliphatic carbocycles. The van der Waals surface area contributed by atoms with Crippen molar-refractivity contribution in [2.24, 2.45) is 12.0 Å². The lowest BCUT2D eigenvalue weighted by Crippen LogP contribution is -2.38. The average molecular weight is 361 g/mol. The molecule has 2 aromatic heterocycles. The Labute approximate surface area is 156 Å². The highest BCUT2D eigenvalue weighted by Gasteiger charge is 2.19. The molecule has 2 rings (SSSR count). The van der Waals surface area contributed by atoms with Crippen LogP contribution in [-0.2, 0) is 25.4 Å². The second-order valence-corrected chi connectivity index (χ2v) is 7.51. The molecule has 0 fully saturated rings. The van der Waals surface area contributed by atoms with Gasteiger partial charge in [-0.2, -0.15) is 5.10 Å². The van der Waals surface area contributed by atoms with Gasteiger partial charge in [0, 0.05) is 31.2 Å². The van der Waals surface area contributed by atoms with Gasteiger partial charge in [-0.25, -0.2) is 9.98 Å². The van der Waals surface area contributed by atoms with Crippen LogP contribution in [0.4, 0.5) is 0 Å². The number of aliphatic imine (C=N–C) groups is 1. The molecule has 0 aliphatic rings. The molecule has 7 heteroatoms. The number of rotatable bonds is 6. The third-order valence-corrected chi connectivity index (χ3v) is 4.34. The lowest BCUT2D eigenvalue weighted by Gasteiger charge is -2.13. The third kappa shape index (κ3) is 5.09. The van der Waals surface area contributed by atoms with Crippen LogP contribution in [0.1, 0.15) is 56.3 Å². The predicted octanol–water partition coefficient (Wildman–Crippen LogP) is 2.62. The number of oxazole rings is 1. The number of aromatic nitrogens is 3. The molecule has 0 unspecified atom stereocenters. The first-order valence-corrected chi connectivity index (χ1v) is 9.18. The quantitative estimate of drug-likeness (QED) is 0.611. The predicted molar refractivity (Wildman–Crippen MR) is 104 cm³/mol. The molecule has 26 heavy (non-hydrogen) atoms. The van der Waals surface area contributed by atoms with Gasteiger partial charge in [-0.05, 0) is 32.8 Å². The van der Waals surface area contributed by atoms with E-state index in [9.17, 15) is 0 Å². The van der Waals surface area contributed by atoms with Crippen LogP contribution >= 0.6 is 0 Å². The molecule has 7 nitrogen and oxygen atoms in total. The van der Waals surface area contributed by atoms with Crippen LogP contribution in [0.15, 0.2) is 15.6 Å². The molecular formula is C19H32N6O. The van der Waals surface area contributed by atoms with Gasteiger partial charge in [-0.1, -0.05) is 20.8 Å². The minimum atomic E-state index is -0.0445. The smallest absolute Gasteiger partial charge is 0.216 e. The molecule has 0 aromatic carbocycles. The summed E-state index contributed by atoms with van der Waals surface area (Å²) in [4.78, 5) is 8.91. The molecule has 2 N–H and O–H groups in total. The Balaban J connectivity index is 1.95. The Morgan fingerprint density at radius 3 is 2.54 bits per heavy atom. The second-order valence-electron chi connectivity index (χ2n) is 7.51. The standard InChI is InChI=1S/C19H32N6O/c1-8-20-18(21-10-9-15-13(2)24-25(7)14(15)3)23-12-17-22-11-16(26-17)19(4,5)6/h11H,8-10,12H2,1-7H3,(H2,20,21,23). The van der Waals surface area contributed by atoms with E-state index in [-0.39, 0.29) is 5.41 Å². The van der Waals surface area contributed by atoms with Crippen molar-refractivity contribution in [2.75, 3.05) is 13.1 Å². The van der Waals surface area contributed by atoms with E-state index < -0.39 is 0 Å². The fourth-order valence-corrected chi connectivity index (χ4v) is 2.70. The average Bonchev–Trinajstić information content (AvgIpc) is 3.12. The molecule has 0 aliphatic heterocycles. The summed E-state index contributed by atoms with van der Waals surface area (Å²) in [6.07, 6.45) is 2.70. The lowest BCUT2D eigenvalue weighted by molar-refractivity contribution is 0.383.